The van der Waals surface area contributed by atoms with Gasteiger partial charge in [-0.2, -0.15) is 0 Å². The highest BCUT2D eigenvalue weighted by Crippen LogP contribution is 2.29. The SMILES string of the molecule is NC(=O)c1cc(F)c(NC2CCCCC2N)nc1Nc1cnc2c(NS(=O)(=O)Cc3ccccc3)cccc2c1. The van der Waals surface area contributed by atoms with Gasteiger partial charge in [-0.15, -0.1) is 0 Å². The zero-order valence-electron chi connectivity index (χ0n) is 21.6. The van der Waals surface area contributed by atoms with Gasteiger partial charge in [0.2, 0.25) is 10.0 Å². The quantitative estimate of drug-likeness (QED) is 0.202. The van der Waals surface area contributed by atoms with Gasteiger partial charge in [-0.1, -0.05) is 55.3 Å². The molecule has 12 heteroatoms. The average molecular weight is 564 g/mol. The number of sulfonamides is 1. The summed E-state index contributed by atoms with van der Waals surface area (Å²) < 4.78 is 43.1. The summed E-state index contributed by atoms with van der Waals surface area (Å²) in [5.74, 6) is -1.71. The Morgan fingerprint density at radius 2 is 1.80 bits per heavy atom. The lowest BCUT2D eigenvalue weighted by atomic mass is 9.91. The minimum atomic E-state index is -3.70. The molecule has 10 nitrogen and oxygen atoms in total. The molecule has 2 atom stereocenters. The number of carbonyl (C=O) groups is 1. The van der Waals surface area contributed by atoms with E-state index in [9.17, 15) is 17.6 Å². The number of amides is 1. The van der Waals surface area contributed by atoms with Crippen LogP contribution < -0.4 is 26.8 Å². The van der Waals surface area contributed by atoms with Crippen LogP contribution in [-0.4, -0.2) is 36.4 Å². The number of nitrogens with two attached hydrogens (primary N) is 2. The molecule has 2 unspecified atom stereocenters. The second-order valence-corrected chi connectivity index (χ2v) is 11.6. The smallest absolute Gasteiger partial charge is 0.252 e. The normalized spacial score (nSPS) is 17.4. The zero-order chi connectivity index (χ0) is 28.3. The second kappa shape index (κ2) is 11.4. The maximum absolute atomic E-state index is 14.9. The van der Waals surface area contributed by atoms with Crippen LogP contribution in [0.3, 0.4) is 0 Å². The second-order valence-electron chi connectivity index (χ2n) is 9.85. The molecule has 7 N–H and O–H groups in total. The monoisotopic (exact) mass is 563 g/mol. The van der Waals surface area contributed by atoms with Gasteiger partial charge in [0.1, 0.15) is 5.82 Å². The molecule has 4 aromatic rings. The minimum Gasteiger partial charge on any atom is -0.365 e. The number of nitrogens with zero attached hydrogens (tertiary/aromatic N) is 2. The fraction of sp³-hybridized carbons (Fsp3) is 0.250. The number of nitrogens with one attached hydrogen (secondary N) is 3. The van der Waals surface area contributed by atoms with Gasteiger partial charge in [-0.25, -0.2) is 17.8 Å². The van der Waals surface area contributed by atoms with Crippen molar-refractivity contribution >= 4 is 49.8 Å². The van der Waals surface area contributed by atoms with Crippen molar-refractivity contribution in [3.05, 3.63) is 83.8 Å². The summed E-state index contributed by atoms with van der Waals surface area (Å²) in [5.41, 5.74) is 13.4. The molecule has 1 fully saturated rings. The molecular weight excluding hydrogens is 533 g/mol. The number of benzene rings is 2. The van der Waals surface area contributed by atoms with Gasteiger partial charge in [0.15, 0.2) is 11.6 Å². The third-order valence-electron chi connectivity index (χ3n) is 6.82. The van der Waals surface area contributed by atoms with Crippen molar-refractivity contribution in [3.8, 4) is 0 Å². The van der Waals surface area contributed by atoms with Gasteiger partial charge in [-0.05, 0) is 36.6 Å². The van der Waals surface area contributed by atoms with E-state index in [1.807, 2.05) is 6.07 Å². The van der Waals surface area contributed by atoms with E-state index < -0.39 is 21.7 Å². The predicted molar refractivity (Wildman–Crippen MR) is 154 cm³/mol. The summed E-state index contributed by atoms with van der Waals surface area (Å²) in [6, 6.07) is 16.5. The number of fused-ring (bicyclic) bond motifs is 1. The molecule has 0 saturated heterocycles. The van der Waals surface area contributed by atoms with E-state index in [4.69, 9.17) is 11.5 Å². The van der Waals surface area contributed by atoms with Crippen LogP contribution in [0, 0.1) is 5.82 Å². The summed E-state index contributed by atoms with van der Waals surface area (Å²) in [5, 5.41) is 6.72. The minimum absolute atomic E-state index is 0.0290. The van der Waals surface area contributed by atoms with E-state index in [2.05, 4.69) is 25.3 Å². The maximum Gasteiger partial charge on any atom is 0.252 e. The molecule has 0 spiro atoms. The van der Waals surface area contributed by atoms with Crippen LogP contribution in [0.15, 0.2) is 66.9 Å². The van der Waals surface area contributed by atoms with Crippen molar-refractivity contribution in [2.24, 2.45) is 11.5 Å². The molecule has 0 radical (unpaired) electrons. The molecule has 1 amide bonds. The lowest BCUT2D eigenvalue weighted by Gasteiger charge is -2.30. The molecule has 2 aromatic carbocycles. The fourth-order valence-electron chi connectivity index (χ4n) is 4.83. The van der Waals surface area contributed by atoms with E-state index in [0.29, 0.717) is 27.8 Å². The first-order valence-electron chi connectivity index (χ1n) is 12.9. The van der Waals surface area contributed by atoms with Gasteiger partial charge in [0.05, 0.1) is 34.4 Å². The van der Waals surface area contributed by atoms with Crippen LogP contribution in [0.5, 0.6) is 0 Å². The molecule has 0 aliphatic heterocycles. The molecule has 0 bridgehead atoms. The van der Waals surface area contributed by atoms with Crippen molar-refractivity contribution < 1.29 is 17.6 Å². The first-order valence-corrected chi connectivity index (χ1v) is 14.6. The number of halogens is 1. The third-order valence-corrected chi connectivity index (χ3v) is 8.07. The number of hydrogen-bond acceptors (Lipinski definition) is 8. The number of carbonyl (C=O) groups excluding carboxylic acids is 1. The van der Waals surface area contributed by atoms with E-state index >= 15 is 0 Å². The van der Waals surface area contributed by atoms with Crippen molar-refractivity contribution in [1.29, 1.82) is 0 Å². The van der Waals surface area contributed by atoms with Gasteiger partial charge in [-0.3, -0.25) is 14.5 Å². The van der Waals surface area contributed by atoms with Crippen LogP contribution >= 0.6 is 0 Å². The van der Waals surface area contributed by atoms with Gasteiger partial charge >= 0.3 is 0 Å². The number of pyridine rings is 2. The Kier molecular flexibility index (Phi) is 7.81. The molecule has 2 heterocycles. The molecule has 5 rings (SSSR count). The number of para-hydroxylation sites is 1. The van der Waals surface area contributed by atoms with E-state index in [1.54, 1.807) is 48.5 Å². The molecule has 1 saturated carbocycles. The Morgan fingerprint density at radius 1 is 1.02 bits per heavy atom. The average Bonchev–Trinajstić information content (AvgIpc) is 2.91. The molecule has 1 aliphatic rings. The lowest BCUT2D eigenvalue weighted by molar-refractivity contribution is 0.100. The fourth-order valence-corrected chi connectivity index (χ4v) is 6.04. The summed E-state index contributed by atoms with van der Waals surface area (Å²) in [7, 11) is -3.70. The van der Waals surface area contributed by atoms with Crippen LogP contribution in [0.4, 0.5) is 27.4 Å². The topological polar surface area (TPSA) is 165 Å². The lowest BCUT2D eigenvalue weighted by Crippen LogP contribution is -2.43. The van der Waals surface area contributed by atoms with Crippen molar-refractivity contribution in [2.75, 3.05) is 15.4 Å². The highest BCUT2D eigenvalue weighted by molar-refractivity contribution is 7.91. The highest BCUT2D eigenvalue weighted by atomic mass is 32.2. The third kappa shape index (κ3) is 6.29. The van der Waals surface area contributed by atoms with Crippen LogP contribution in [-0.2, 0) is 15.8 Å². The van der Waals surface area contributed by atoms with Crippen LogP contribution in [0.25, 0.3) is 10.9 Å². The number of anilines is 4. The summed E-state index contributed by atoms with van der Waals surface area (Å²) in [4.78, 5) is 20.9. The van der Waals surface area contributed by atoms with Crippen LogP contribution in [0.2, 0.25) is 0 Å². The summed E-state index contributed by atoms with van der Waals surface area (Å²) in [6.07, 6.45) is 5.08. The molecule has 2 aromatic heterocycles. The Bertz CT molecular complexity index is 1650. The van der Waals surface area contributed by atoms with Crippen molar-refractivity contribution in [2.45, 2.75) is 43.5 Å². The first kappa shape index (κ1) is 27.3. The van der Waals surface area contributed by atoms with Gasteiger partial charge in [0, 0.05) is 17.5 Å². The summed E-state index contributed by atoms with van der Waals surface area (Å²) >= 11 is 0. The number of aromatic nitrogens is 2. The van der Waals surface area contributed by atoms with E-state index in [1.165, 1.54) is 6.20 Å². The molecular formula is C28H30FN7O3S. The highest BCUT2D eigenvalue weighted by Gasteiger charge is 2.24. The standard InChI is InChI=1S/C28H30FN7O3S/c29-21-14-20(26(31)37)27(35-28(21)34-23-11-5-4-10-22(23)30)33-19-13-18-9-6-12-24(25(18)32-15-19)36-40(38,39)16-17-7-2-1-3-8-17/h1-3,6-9,12-15,22-23,36H,4-5,10-11,16,30H2,(H2,31,37)(H2,33,34,35). The largest absolute Gasteiger partial charge is 0.365 e. The predicted octanol–water partition coefficient (Wildman–Crippen LogP) is 4.24. The van der Waals surface area contributed by atoms with Gasteiger partial charge in [0.25, 0.3) is 5.91 Å². The number of rotatable bonds is 9. The Morgan fingerprint density at radius 3 is 2.55 bits per heavy atom. The molecule has 40 heavy (non-hydrogen) atoms. The maximum atomic E-state index is 14.9. The zero-order valence-corrected chi connectivity index (χ0v) is 22.4. The molecule has 1 aliphatic carbocycles. The summed E-state index contributed by atoms with van der Waals surface area (Å²) in [6.45, 7) is 0. The first-order chi connectivity index (χ1) is 19.2. The van der Waals surface area contributed by atoms with E-state index in [-0.39, 0.29) is 35.0 Å². The number of hydrogen-bond donors (Lipinski definition) is 5. The Labute approximate surface area is 231 Å². The van der Waals surface area contributed by atoms with Crippen LogP contribution in [0.1, 0.15) is 41.6 Å². The Balaban J connectivity index is 1.41. The van der Waals surface area contributed by atoms with Crippen molar-refractivity contribution in [1.82, 2.24) is 9.97 Å². The van der Waals surface area contributed by atoms with Gasteiger partial charge < -0.3 is 22.1 Å². The molecule has 208 valence electrons. The van der Waals surface area contributed by atoms with Crippen molar-refractivity contribution in [3.63, 3.8) is 0 Å². The van der Waals surface area contributed by atoms with E-state index in [0.717, 1.165) is 31.7 Å². The Hall–Kier alpha value is -4.29. The number of primary amides is 1.